The average molecular weight is 302 g/mol. The summed E-state index contributed by atoms with van der Waals surface area (Å²) in [6, 6.07) is 2.37. The van der Waals surface area contributed by atoms with Gasteiger partial charge in [-0.3, -0.25) is 0 Å². The first-order chi connectivity index (χ1) is 9.02. The smallest absolute Gasteiger partial charge is 0.150 e. The summed E-state index contributed by atoms with van der Waals surface area (Å²) in [5.41, 5.74) is 0. The van der Waals surface area contributed by atoms with Gasteiger partial charge in [0, 0.05) is 19.6 Å². The minimum absolute atomic E-state index is 0.566. The molecule has 1 heterocycles. The van der Waals surface area contributed by atoms with E-state index < -0.39 is 0 Å². The summed E-state index contributed by atoms with van der Waals surface area (Å²) in [5.74, 6) is 2.23. The van der Waals surface area contributed by atoms with Crippen molar-refractivity contribution in [2.45, 2.75) is 39.2 Å². The predicted octanol–water partition coefficient (Wildman–Crippen LogP) is 4.45. The monoisotopic (exact) mass is 301 g/mol. The zero-order chi connectivity index (χ0) is 14.0. The molecule has 1 aliphatic carbocycles. The van der Waals surface area contributed by atoms with Crippen molar-refractivity contribution in [3.05, 3.63) is 16.1 Å². The largest absolute Gasteiger partial charge is 0.372 e. The van der Waals surface area contributed by atoms with Crippen LogP contribution in [0, 0.1) is 5.92 Å². The van der Waals surface area contributed by atoms with E-state index in [0.29, 0.717) is 27.8 Å². The molecule has 1 aliphatic rings. The van der Waals surface area contributed by atoms with E-state index in [1.807, 2.05) is 7.05 Å². The van der Waals surface area contributed by atoms with Gasteiger partial charge in [-0.25, -0.2) is 4.98 Å². The van der Waals surface area contributed by atoms with E-state index in [1.165, 1.54) is 12.8 Å². The number of aromatic nitrogens is 1. The second kappa shape index (κ2) is 6.19. The van der Waals surface area contributed by atoms with E-state index in [4.69, 9.17) is 23.2 Å². The van der Waals surface area contributed by atoms with Gasteiger partial charge in [-0.1, -0.05) is 37.0 Å². The highest BCUT2D eigenvalue weighted by Gasteiger charge is 2.31. The third kappa shape index (κ3) is 3.67. The maximum Gasteiger partial charge on any atom is 0.150 e. The number of hydrogen-bond acceptors (Lipinski definition) is 3. The molecule has 1 N–H and O–H groups in total. The van der Waals surface area contributed by atoms with E-state index >= 15 is 0 Å². The van der Waals surface area contributed by atoms with Crippen molar-refractivity contribution in [1.29, 1.82) is 0 Å². The van der Waals surface area contributed by atoms with Gasteiger partial charge in [0.15, 0.2) is 0 Å². The summed E-state index contributed by atoms with van der Waals surface area (Å²) in [7, 11) is 1.82. The maximum atomic E-state index is 6.32. The Bertz CT molecular complexity index is 445. The molecule has 0 spiro atoms. The fourth-order valence-electron chi connectivity index (χ4n) is 2.08. The van der Waals surface area contributed by atoms with Crippen molar-refractivity contribution in [3.8, 4) is 0 Å². The van der Waals surface area contributed by atoms with Crippen LogP contribution in [0.1, 0.15) is 33.1 Å². The van der Waals surface area contributed by atoms with Crippen LogP contribution in [-0.4, -0.2) is 24.6 Å². The molecule has 0 saturated heterocycles. The molecule has 0 bridgehead atoms. The first-order valence-corrected chi connectivity index (χ1v) is 7.59. The lowest BCUT2D eigenvalue weighted by atomic mass is 10.1. The second-order valence-corrected chi connectivity index (χ2v) is 6.30. The zero-order valence-corrected chi connectivity index (χ0v) is 13.2. The van der Waals surface area contributed by atoms with Gasteiger partial charge < -0.3 is 10.2 Å². The summed E-state index contributed by atoms with van der Waals surface area (Å²) < 4.78 is 0. The lowest BCUT2D eigenvalue weighted by molar-refractivity contribution is 0.568. The Morgan fingerprint density at radius 1 is 1.37 bits per heavy atom. The van der Waals surface area contributed by atoms with E-state index in [1.54, 1.807) is 6.07 Å². The molecule has 0 unspecified atom stereocenters. The van der Waals surface area contributed by atoms with Crippen LogP contribution < -0.4 is 10.2 Å². The molecule has 5 heteroatoms. The van der Waals surface area contributed by atoms with Crippen molar-refractivity contribution < 1.29 is 0 Å². The normalized spacial score (nSPS) is 14.8. The molecule has 0 aliphatic heterocycles. The van der Waals surface area contributed by atoms with E-state index in [2.05, 4.69) is 29.0 Å². The van der Waals surface area contributed by atoms with Crippen LogP contribution in [0.5, 0.6) is 0 Å². The van der Waals surface area contributed by atoms with Gasteiger partial charge in [0.25, 0.3) is 0 Å². The third-order valence-corrected chi connectivity index (χ3v) is 3.92. The highest BCUT2D eigenvalue weighted by Crippen LogP contribution is 2.37. The van der Waals surface area contributed by atoms with Crippen LogP contribution in [0.15, 0.2) is 6.07 Å². The predicted molar refractivity (Wildman–Crippen MR) is 83.6 cm³/mol. The fraction of sp³-hybridized carbons (Fsp3) is 0.643. The standard InChI is InChI=1S/C14H21Cl2N3/c1-9(2)6-7-19(10-4-5-10)14-12(16)8-11(15)13(17-3)18-14/h8-10H,4-7H2,1-3H3,(H,17,18). The number of nitrogens with one attached hydrogen (secondary N) is 1. The van der Waals surface area contributed by atoms with E-state index in [0.717, 1.165) is 18.8 Å². The Kier molecular flexibility index (Phi) is 4.80. The molecule has 1 aromatic heterocycles. The van der Waals surface area contributed by atoms with E-state index in [-0.39, 0.29) is 0 Å². The Morgan fingerprint density at radius 2 is 2.05 bits per heavy atom. The Hall–Kier alpha value is -0.670. The molecule has 106 valence electrons. The van der Waals surface area contributed by atoms with Crippen LogP contribution in [0.4, 0.5) is 11.6 Å². The van der Waals surface area contributed by atoms with Crippen molar-refractivity contribution >= 4 is 34.8 Å². The maximum absolute atomic E-state index is 6.32. The van der Waals surface area contributed by atoms with Crippen molar-refractivity contribution in [2.24, 2.45) is 5.92 Å². The highest BCUT2D eigenvalue weighted by atomic mass is 35.5. The van der Waals surface area contributed by atoms with Crippen LogP contribution in [0.25, 0.3) is 0 Å². The molecule has 1 saturated carbocycles. The van der Waals surface area contributed by atoms with Crippen molar-refractivity contribution in [1.82, 2.24) is 4.98 Å². The number of halogens is 2. The molecular weight excluding hydrogens is 281 g/mol. The third-order valence-electron chi connectivity index (χ3n) is 3.35. The first-order valence-electron chi connectivity index (χ1n) is 6.83. The summed E-state index contributed by atoms with van der Waals surface area (Å²) in [5, 5.41) is 4.22. The number of pyridine rings is 1. The number of rotatable bonds is 6. The Morgan fingerprint density at radius 3 is 2.58 bits per heavy atom. The molecule has 0 atom stereocenters. The lowest BCUT2D eigenvalue weighted by Gasteiger charge is -2.26. The molecular formula is C14H21Cl2N3. The van der Waals surface area contributed by atoms with E-state index in [9.17, 15) is 0 Å². The van der Waals surface area contributed by atoms with Crippen molar-refractivity contribution in [3.63, 3.8) is 0 Å². The van der Waals surface area contributed by atoms with Gasteiger partial charge in [-0.2, -0.15) is 0 Å². The van der Waals surface area contributed by atoms with Crippen LogP contribution in [-0.2, 0) is 0 Å². The van der Waals surface area contributed by atoms with Crippen LogP contribution >= 0.6 is 23.2 Å². The summed E-state index contributed by atoms with van der Waals surface area (Å²) >= 11 is 12.4. The molecule has 3 nitrogen and oxygen atoms in total. The number of nitrogens with zero attached hydrogens (tertiary/aromatic N) is 2. The Balaban J connectivity index is 2.25. The molecule has 0 amide bonds. The summed E-state index contributed by atoms with van der Waals surface area (Å²) in [6.07, 6.45) is 3.60. The van der Waals surface area contributed by atoms with Gasteiger partial charge in [-0.15, -0.1) is 0 Å². The first kappa shape index (κ1) is 14.7. The highest BCUT2D eigenvalue weighted by molar-refractivity contribution is 6.37. The molecule has 0 aromatic carbocycles. The zero-order valence-electron chi connectivity index (χ0n) is 11.7. The molecule has 0 radical (unpaired) electrons. The molecule has 1 aromatic rings. The lowest BCUT2D eigenvalue weighted by Crippen LogP contribution is -2.29. The van der Waals surface area contributed by atoms with Gasteiger partial charge in [0.05, 0.1) is 10.0 Å². The SMILES string of the molecule is CNc1nc(N(CCC(C)C)C2CC2)c(Cl)cc1Cl. The summed E-state index contributed by atoms with van der Waals surface area (Å²) in [4.78, 5) is 6.91. The quantitative estimate of drug-likeness (QED) is 0.841. The molecule has 1 fully saturated rings. The number of hydrogen-bond donors (Lipinski definition) is 1. The minimum atomic E-state index is 0.566. The topological polar surface area (TPSA) is 28.2 Å². The van der Waals surface area contributed by atoms with Crippen molar-refractivity contribution in [2.75, 3.05) is 23.8 Å². The summed E-state index contributed by atoms with van der Waals surface area (Å²) in [6.45, 7) is 5.47. The van der Waals surface area contributed by atoms with Crippen LogP contribution in [0.2, 0.25) is 10.0 Å². The second-order valence-electron chi connectivity index (χ2n) is 5.48. The van der Waals surface area contributed by atoms with Gasteiger partial charge in [0.1, 0.15) is 11.6 Å². The van der Waals surface area contributed by atoms with Crippen LogP contribution in [0.3, 0.4) is 0 Å². The number of anilines is 2. The average Bonchev–Trinajstić information content (AvgIpc) is 3.15. The van der Waals surface area contributed by atoms with Gasteiger partial charge in [0.2, 0.25) is 0 Å². The Labute approximate surface area is 125 Å². The fourth-order valence-corrected chi connectivity index (χ4v) is 2.64. The van der Waals surface area contributed by atoms with Gasteiger partial charge in [-0.05, 0) is 31.2 Å². The molecule has 19 heavy (non-hydrogen) atoms. The minimum Gasteiger partial charge on any atom is -0.372 e. The van der Waals surface area contributed by atoms with Gasteiger partial charge >= 0.3 is 0 Å². The molecule has 2 rings (SSSR count).